The summed E-state index contributed by atoms with van der Waals surface area (Å²) >= 11 is 0. The summed E-state index contributed by atoms with van der Waals surface area (Å²) in [5, 5.41) is 10.6. The Balaban J connectivity index is 2.15. The van der Waals surface area contributed by atoms with Crippen molar-refractivity contribution in [2.75, 3.05) is 18.5 Å². The number of anilines is 1. The van der Waals surface area contributed by atoms with Crippen molar-refractivity contribution >= 4 is 17.3 Å². The average Bonchev–Trinajstić information content (AvgIpc) is 2.95. The molecule has 21 heavy (non-hydrogen) atoms. The SMILES string of the molecule is CN(C(=O)c1cn(CCN)cn1)c1ccc([N+](=O)[O-])cc1. The van der Waals surface area contributed by atoms with Crippen molar-refractivity contribution in [1.82, 2.24) is 9.55 Å². The van der Waals surface area contributed by atoms with E-state index in [2.05, 4.69) is 4.98 Å². The van der Waals surface area contributed by atoms with Crippen molar-refractivity contribution < 1.29 is 9.72 Å². The summed E-state index contributed by atoms with van der Waals surface area (Å²) < 4.78 is 1.73. The van der Waals surface area contributed by atoms with Crippen LogP contribution in [0, 0.1) is 10.1 Å². The number of non-ortho nitro benzene ring substituents is 1. The second-order valence-electron chi connectivity index (χ2n) is 4.42. The molecule has 1 amide bonds. The highest BCUT2D eigenvalue weighted by Gasteiger charge is 2.17. The Morgan fingerprint density at radius 3 is 2.67 bits per heavy atom. The van der Waals surface area contributed by atoms with E-state index in [1.807, 2.05) is 0 Å². The normalized spacial score (nSPS) is 10.4. The van der Waals surface area contributed by atoms with Crippen LogP contribution in [0.2, 0.25) is 0 Å². The fourth-order valence-corrected chi connectivity index (χ4v) is 1.83. The summed E-state index contributed by atoms with van der Waals surface area (Å²) in [5.41, 5.74) is 6.27. The number of hydrogen-bond acceptors (Lipinski definition) is 5. The zero-order chi connectivity index (χ0) is 15.4. The average molecular weight is 289 g/mol. The predicted octanol–water partition coefficient (Wildman–Crippen LogP) is 1.03. The van der Waals surface area contributed by atoms with Crippen molar-refractivity contribution in [3.8, 4) is 0 Å². The number of imidazole rings is 1. The summed E-state index contributed by atoms with van der Waals surface area (Å²) in [6, 6.07) is 5.75. The van der Waals surface area contributed by atoms with Crippen molar-refractivity contribution in [2.24, 2.45) is 5.73 Å². The van der Waals surface area contributed by atoms with Crippen LogP contribution in [-0.2, 0) is 6.54 Å². The standard InChI is InChI=1S/C13H15N5O3/c1-16(10-2-4-11(5-3-10)18(20)21)13(19)12-8-17(7-6-14)9-15-12/h2-5,8-9H,6-7,14H2,1H3. The van der Waals surface area contributed by atoms with E-state index < -0.39 is 4.92 Å². The number of rotatable bonds is 5. The summed E-state index contributed by atoms with van der Waals surface area (Å²) in [6.07, 6.45) is 3.17. The van der Waals surface area contributed by atoms with Crippen molar-refractivity contribution in [3.05, 3.63) is 52.6 Å². The molecule has 8 heteroatoms. The second-order valence-corrected chi connectivity index (χ2v) is 4.42. The van der Waals surface area contributed by atoms with Crippen LogP contribution in [0.25, 0.3) is 0 Å². The van der Waals surface area contributed by atoms with Crippen molar-refractivity contribution in [2.45, 2.75) is 6.54 Å². The monoisotopic (exact) mass is 289 g/mol. The first kappa shape index (κ1) is 14.7. The van der Waals surface area contributed by atoms with Crippen LogP contribution in [0.1, 0.15) is 10.5 Å². The number of nitro benzene ring substituents is 1. The minimum atomic E-state index is -0.486. The van der Waals surface area contributed by atoms with Gasteiger partial charge < -0.3 is 15.2 Å². The van der Waals surface area contributed by atoms with Gasteiger partial charge in [-0.1, -0.05) is 0 Å². The second kappa shape index (κ2) is 6.14. The molecule has 1 aromatic heterocycles. The lowest BCUT2D eigenvalue weighted by Crippen LogP contribution is -2.26. The van der Waals surface area contributed by atoms with Gasteiger partial charge in [0, 0.05) is 44.2 Å². The minimum Gasteiger partial charge on any atom is -0.335 e. The van der Waals surface area contributed by atoms with Crippen molar-refractivity contribution in [1.29, 1.82) is 0 Å². The minimum absolute atomic E-state index is 0.0215. The maximum atomic E-state index is 12.3. The first-order chi connectivity index (χ1) is 10.0. The molecule has 0 atom stereocenters. The van der Waals surface area contributed by atoms with E-state index in [0.29, 0.717) is 24.5 Å². The van der Waals surface area contributed by atoms with Gasteiger partial charge in [0.15, 0.2) is 0 Å². The molecule has 0 radical (unpaired) electrons. The quantitative estimate of drug-likeness (QED) is 0.653. The fraction of sp³-hybridized carbons (Fsp3) is 0.231. The van der Waals surface area contributed by atoms with E-state index in [9.17, 15) is 14.9 Å². The third-order valence-corrected chi connectivity index (χ3v) is 2.99. The Hall–Kier alpha value is -2.74. The third kappa shape index (κ3) is 3.23. The lowest BCUT2D eigenvalue weighted by Gasteiger charge is -2.15. The van der Waals surface area contributed by atoms with Crippen LogP contribution in [0.4, 0.5) is 11.4 Å². The molecular formula is C13H15N5O3. The largest absolute Gasteiger partial charge is 0.335 e. The number of carbonyl (C=O) groups excluding carboxylic acids is 1. The molecule has 1 heterocycles. The number of benzene rings is 1. The highest BCUT2D eigenvalue weighted by Crippen LogP contribution is 2.19. The van der Waals surface area contributed by atoms with Crippen LogP contribution in [-0.4, -0.2) is 34.0 Å². The van der Waals surface area contributed by atoms with E-state index in [-0.39, 0.29) is 11.6 Å². The Bertz CT molecular complexity index is 650. The lowest BCUT2D eigenvalue weighted by molar-refractivity contribution is -0.384. The Labute approximate surface area is 121 Å². The van der Waals surface area contributed by atoms with Crippen LogP contribution in [0.3, 0.4) is 0 Å². The molecule has 0 saturated heterocycles. The number of carbonyl (C=O) groups is 1. The number of nitrogens with zero attached hydrogens (tertiary/aromatic N) is 4. The van der Waals surface area contributed by atoms with E-state index in [4.69, 9.17) is 5.73 Å². The fourth-order valence-electron chi connectivity index (χ4n) is 1.83. The third-order valence-electron chi connectivity index (χ3n) is 2.99. The van der Waals surface area contributed by atoms with Crippen molar-refractivity contribution in [3.63, 3.8) is 0 Å². The molecule has 2 aromatic rings. The zero-order valence-electron chi connectivity index (χ0n) is 11.5. The van der Waals surface area contributed by atoms with Gasteiger partial charge in [0.05, 0.1) is 11.3 Å². The molecule has 8 nitrogen and oxygen atoms in total. The summed E-state index contributed by atoms with van der Waals surface area (Å²) in [7, 11) is 1.59. The number of nitro groups is 1. The number of amides is 1. The van der Waals surface area contributed by atoms with Gasteiger partial charge in [0.1, 0.15) is 5.69 Å². The summed E-state index contributed by atoms with van der Waals surface area (Å²) in [5.74, 6) is -0.292. The maximum Gasteiger partial charge on any atom is 0.278 e. The van der Waals surface area contributed by atoms with Gasteiger partial charge in [-0.05, 0) is 12.1 Å². The van der Waals surface area contributed by atoms with E-state index in [1.54, 1.807) is 24.1 Å². The smallest absolute Gasteiger partial charge is 0.278 e. The molecule has 0 aliphatic rings. The van der Waals surface area contributed by atoms with Crippen LogP contribution >= 0.6 is 0 Å². The van der Waals surface area contributed by atoms with Gasteiger partial charge in [-0.3, -0.25) is 14.9 Å². The molecule has 0 aliphatic heterocycles. The lowest BCUT2D eigenvalue weighted by atomic mass is 10.2. The number of hydrogen-bond donors (Lipinski definition) is 1. The first-order valence-electron chi connectivity index (χ1n) is 6.27. The topological polar surface area (TPSA) is 107 Å². The molecule has 0 saturated carbocycles. The van der Waals surface area contributed by atoms with Gasteiger partial charge >= 0.3 is 0 Å². The molecule has 2 N–H and O–H groups in total. The highest BCUT2D eigenvalue weighted by atomic mass is 16.6. The molecule has 110 valence electrons. The van der Waals surface area contributed by atoms with E-state index in [0.717, 1.165) is 0 Å². The molecule has 0 spiro atoms. The van der Waals surface area contributed by atoms with Gasteiger partial charge in [-0.25, -0.2) is 4.98 Å². The molecule has 0 bridgehead atoms. The summed E-state index contributed by atoms with van der Waals surface area (Å²) in [4.78, 5) is 27.8. The van der Waals surface area contributed by atoms with Gasteiger partial charge in [0.2, 0.25) is 0 Å². The predicted molar refractivity (Wildman–Crippen MR) is 77.1 cm³/mol. The molecule has 1 aromatic carbocycles. The zero-order valence-corrected chi connectivity index (χ0v) is 11.5. The van der Waals surface area contributed by atoms with E-state index >= 15 is 0 Å². The Morgan fingerprint density at radius 1 is 1.43 bits per heavy atom. The van der Waals surface area contributed by atoms with Crippen LogP contribution < -0.4 is 10.6 Å². The first-order valence-corrected chi connectivity index (χ1v) is 6.27. The molecule has 0 unspecified atom stereocenters. The highest BCUT2D eigenvalue weighted by molar-refractivity contribution is 6.04. The van der Waals surface area contributed by atoms with Gasteiger partial charge in [-0.2, -0.15) is 0 Å². The Kier molecular flexibility index (Phi) is 4.29. The number of nitrogens with two attached hydrogens (primary N) is 1. The van der Waals surface area contributed by atoms with Crippen LogP contribution in [0.15, 0.2) is 36.8 Å². The van der Waals surface area contributed by atoms with Crippen LogP contribution in [0.5, 0.6) is 0 Å². The molecule has 2 rings (SSSR count). The number of aromatic nitrogens is 2. The van der Waals surface area contributed by atoms with E-state index in [1.165, 1.54) is 29.2 Å². The van der Waals surface area contributed by atoms with Gasteiger partial charge in [0.25, 0.3) is 11.6 Å². The maximum absolute atomic E-state index is 12.3. The summed E-state index contributed by atoms with van der Waals surface area (Å²) in [6.45, 7) is 1.05. The molecule has 0 aliphatic carbocycles. The molecule has 0 fully saturated rings. The Morgan fingerprint density at radius 2 is 2.10 bits per heavy atom. The molecular weight excluding hydrogens is 274 g/mol. The van der Waals surface area contributed by atoms with Gasteiger partial charge in [-0.15, -0.1) is 0 Å².